The number of imidazole rings is 2. The fourth-order valence-electron chi connectivity index (χ4n) is 7.57. The Labute approximate surface area is 327 Å². The number of alkyl carbamates (subject to hydrolysis) is 1. The van der Waals surface area contributed by atoms with E-state index in [2.05, 4.69) is 35.6 Å². The smallest absolute Gasteiger partial charge is 0.407 e. The van der Waals surface area contributed by atoms with Gasteiger partial charge in [0.1, 0.15) is 39.1 Å². The number of aldehydes is 1. The third kappa shape index (κ3) is 7.67. The first-order chi connectivity index (χ1) is 26.9. The Morgan fingerprint density at radius 1 is 0.804 bits per heavy atom. The number of fused-ring (bicyclic) bond motifs is 1. The summed E-state index contributed by atoms with van der Waals surface area (Å²) in [5, 5.41) is 6.01. The van der Waals surface area contributed by atoms with Gasteiger partial charge in [-0.2, -0.15) is 0 Å². The van der Waals surface area contributed by atoms with E-state index in [1.54, 1.807) is 22.2 Å². The van der Waals surface area contributed by atoms with E-state index in [9.17, 15) is 24.0 Å². The highest BCUT2D eigenvalue weighted by atomic mass is 32.1. The average Bonchev–Trinajstić information content (AvgIpc) is 4.04. The molecule has 4 atom stereocenters. The Kier molecular flexibility index (Phi) is 11.0. The van der Waals surface area contributed by atoms with Crippen molar-refractivity contribution in [2.24, 2.45) is 11.8 Å². The van der Waals surface area contributed by atoms with Gasteiger partial charge in [0, 0.05) is 18.8 Å². The molecular weight excluding hydrogens is 737 g/mol. The molecule has 2 saturated heterocycles. The van der Waals surface area contributed by atoms with Crippen molar-refractivity contribution < 1.29 is 28.7 Å². The van der Waals surface area contributed by atoms with Gasteiger partial charge in [0.05, 0.1) is 43.0 Å². The van der Waals surface area contributed by atoms with E-state index in [0.29, 0.717) is 24.7 Å². The maximum Gasteiger partial charge on any atom is 0.407 e. The molecular formula is C39H46N10O6S. The minimum Gasteiger partial charge on any atom is -0.453 e. The highest BCUT2D eigenvalue weighted by molar-refractivity contribution is 7.21. The molecule has 4 amide bonds. The van der Waals surface area contributed by atoms with Crippen LogP contribution in [0.5, 0.6) is 0 Å². The standard InChI is InChI=1S/C39H46N10O6S/c1-20(2)31(46-30(51)19-50)37(52)48-14-6-8-28(48)33-40-17-26(42-33)23-12-10-22(11-13-23)24-16-25-35(44-24)56-36(45-25)27-18-41-34(43-27)29-9-7-15-49(29)38(53)32(21(3)4)47-39(54)55-5/h10-13,16-21,28-29,31-32,44H,6-9,14-15H2,1-5H3,(H,40,42)(H,41,43)(H,46,51)(H,47,54)/t28-,29?,31-,32-/m0/s1. The van der Waals surface area contributed by atoms with E-state index in [0.717, 1.165) is 69.2 Å². The summed E-state index contributed by atoms with van der Waals surface area (Å²) in [4.78, 5) is 90.6. The van der Waals surface area contributed by atoms with Crippen LogP contribution in [0.1, 0.15) is 77.1 Å². The fraction of sp³-hybridized carbons (Fsp3) is 0.436. The molecule has 5 N–H and O–H groups in total. The van der Waals surface area contributed by atoms with Gasteiger partial charge >= 0.3 is 6.09 Å². The second kappa shape index (κ2) is 16.1. The third-order valence-electron chi connectivity index (χ3n) is 10.5. The quantitative estimate of drug-likeness (QED) is 0.0839. The van der Waals surface area contributed by atoms with Crippen molar-refractivity contribution in [2.75, 3.05) is 20.2 Å². The van der Waals surface area contributed by atoms with E-state index in [1.165, 1.54) is 18.4 Å². The van der Waals surface area contributed by atoms with Crippen LogP contribution in [0.3, 0.4) is 0 Å². The van der Waals surface area contributed by atoms with Crippen LogP contribution in [0.2, 0.25) is 0 Å². The molecule has 0 spiro atoms. The number of benzene rings is 1. The van der Waals surface area contributed by atoms with Crippen molar-refractivity contribution in [1.29, 1.82) is 0 Å². The van der Waals surface area contributed by atoms with Crippen LogP contribution in [-0.2, 0) is 23.9 Å². The first-order valence-electron chi connectivity index (χ1n) is 18.9. The molecule has 2 aliphatic rings. The molecule has 0 aliphatic carbocycles. The second-order valence-corrected chi connectivity index (χ2v) is 15.9. The predicted octanol–water partition coefficient (Wildman–Crippen LogP) is 5.12. The highest BCUT2D eigenvalue weighted by Gasteiger charge is 2.39. The molecule has 294 valence electrons. The zero-order valence-electron chi connectivity index (χ0n) is 31.9. The van der Waals surface area contributed by atoms with Crippen molar-refractivity contribution in [1.82, 2.24) is 50.3 Å². The van der Waals surface area contributed by atoms with E-state index < -0.39 is 24.1 Å². The molecule has 0 bridgehead atoms. The Balaban J connectivity index is 1.02. The number of carbonyl (C=O) groups is 5. The zero-order valence-corrected chi connectivity index (χ0v) is 32.7. The molecule has 5 aromatic rings. The monoisotopic (exact) mass is 782 g/mol. The lowest BCUT2D eigenvalue weighted by Crippen LogP contribution is -2.51. The molecule has 17 heteroatoms. The van der Waals surface area contributed by atoms with Crippen molar-refractivity contribution in [3.8, 4) is 33.2 Å². The lowest BCUT2D eigenvalue weighted by molar-refractivity contribution is -0.140. The van der Waals surface area contributed by atoms with E-state index in [-0.39, 0.29) is 42.0 Å². The maximum atomic E-state index is 13.5. The summed E-state index contributed by atoms with van der Waals surface area (Å²) in [6.07, 6.45) is 6.20. The minimum atomic E-state index is -0.808. The molecule has 1 unspecified atom stereocenters. The van der Waals surface area contributed by atoms with E-state index >= 15 is 0 Å². The Morgan fingerprint density at radius 2 is 1.34 bits per heavy atom. The van der Waals surface area contributed by atoms with Gasteiger partial charge in [0.15, 0.2) is 0 Å². The summed E-state index contributed by atoms with van der Waals surface area (Å²) in [6, 6.07) is 8.10. The molecule has 4 aromatic heterocycles. The first kappa shape index (κ1) is 38.4. The number of ether oxygens (including phenoxy) is 1. The molecule has 16 nitrogen and oxygen atoms in total. The fourth-order valence-corrected chi connectivity index (χ4v) is 8.49. The van der Waals surface area contributed by atoms with E-state index in [1.807, 2.05) is 58.0 Å². The molecule has 1 aromatic carbocycles. The number of aromatic nitrogens is 6. The summed E-state index contributed by atoms with van der Waals surface area (Å²) in [7, 11) is 1.28. The number of nitrogens with zero attached hydrogens (tertiary/aromatic N) is 5. The van der Waals surface area contributed by atoms with Gasteiger partial charge in [-0.15, -0.1) is 0 Å². The number of aromatic amines is 3. The SMILES string of the molecule is COC(=O)N[C@H](C(=O)N1CCCC1c1ncc(-c2nc3cc(-c4ccc(-c5cnc([C@@H]6CCCN6C(=O)[C@@H](NC(=O)C=O)C(C)C)[nH]5)cc4)[nH]c3s2)[nH]1)C(C)C. The van der Waals surface area contributed by atoms with Gasteiger partial charge in [-0.05, 0) is 54.7 Å². The van der Waals surface area contributed by atoms with Crippen LogP contribution < -0.4 is 10.6 Å². The number of nitrogens with one attached hydrogen (secondary N) is 5. The van der Waals surface area contributed by atoms with Crippen molar-refractivity contribution >= 4 is 51.8 Å². The van der Waals surface area contributed by atoms with Gasteiger partial charge in [-0.3, -0.25) is 19.2 Å². The molecule has 0 radical (unpaired) electrons. The number of likely N-dealkylation sites (tertiary alicyclic amines) is 2. The van der Waals surface area contributed by atoms with Crippen LogP contribution in [0, 0.1) is 11.8 Å². The number of hydrogen-bond donors (Lipinski definition) is 5. The number of H-pyrrole nitrogens is 3. The Morgan fingerprint density at radius 3 is 1.88 bits per heavy atom. The first-order valence-corrected chi connectivity index (χ1v) is 19.7. The summed E-state index contributed by atoms with van der Waals surface area (Å²) in [6.45, 7) is 8.57. The number of amides is 4. The summed E-state index contributed by atoms with van der Waals surface area (Å²) < 4.78 is 4.75. The van der Waals surface area contributed by atoms with Crippen molar-refractivity contribution in [3.63, 3.8) is 0 Å². The summed E-state index contributed by atoms with van der Waals surface area (Å²) >= 11 is 1.51. The largest absolute Gasteiger partial charge is 0.453 e. The molecule has 56 heavy (non-hydrogen) atoms. The van der Waals surface area contributed by atoms with Crippen LogP contribution in [-0.4, -0.2) is 102 Å². The molecule has 0 saturated carbocycles. The van der Waals surface area contributed by atoms with Crippen LogP contribution >= 0.6 is 11.3 Å². The minimum absolute atomic E-state index is 0.118. The van der Waals surface area contributed by atoms with E-state index in [4.69, 9.17) is 9.72 Å². The number of rotatable bonds is 12. The average molecular weight is 783 g/mol. The lowest BCUT2D eigenvalue weighted by Gasteiger charge is -2.29. The lowest BCUT2D eigenvalue weighted by atomic mass is 10.0. The van der Waals surface area contributed by atoms with Gasteiger partial charge in [0.2, 0.25) is 18.1 Å². The molecule has 7 rings (SSSR count). The maximum absolute atomic E-state index is 13.5. The van der Waals surface area contributed by atoms with Crippen molar-refractivity contribution in [2.45, 2.75) is 77.5 Å². The number of methoxy groups -OCH3 is 1. The normalized spacial score (nSPS) is 18.1. The summed E-state index contributed by atoms with van der Waals surface area (Å²) in [5.41, 5.74) is 5.26. The zero-order chi connectivity index (χ0) is 39.7. The van der Waals surface area contributed by atoms with Gasteiger partial charge in [-0.25, -0.2) is 19.7 Å². The summed E-state index contributed by atoms with van der Waals surface area (Å²) in [5.74, 6) is -0.133. The van der Waals surface area contributed by atoms with Crippen LogP contribution in [0.15, 0.2) is 42.7 Å². The Hall–Kier alpha value is -5.84. The number of hydrogen-bond acceptors (Lipinski definition) is 10. The highest BCUT2D eigenvalue weighted by Crippen LogP contribution is 2.37. The predicted molar refractivity (Wildman–Crippen MR) is 209 cm³/mol. The number of thiazole rings is 1. The van der Waals surface area contributed by atoms with Gasteiger partial charge in [-0.1, -0.05) is 63.3 Å². The Bertz CT molecular complexity index is 2200. The molecule has 2 fully saturated rings. The van der Waals surface area contributed by atoms with Gasteiger partial charge < -0.3 is 40.1 Å². The van der Waals surface area contributed by atoms with Crippen molar-refractivity contribution in [3.05, 3.63) is 54.4 Å². The van der Waals surface area contributed by atoms with Crippen LogP contribution in [0.4, 0.5) is 4.79 Å². The second-order valence-electron chi connectivity index (χ2n) is 14.9. The molecule has 2 aliphatic heterocycles. The third-order valence-corrected chi connectivity index (χ3v) is 11.6. The van der Waals surface area contributed by atoms with Gasteiger partial charge in [0.25, 0.3) is 5.91 Å². The molecule has 6 heterocycles. The number of carbonyl (C=O) groups excluding carboxylic acids is 5. The van der Waals surface area contributed by atoms with Crippen LogP contribution in [0.25, 0.3) is 43.6 Å². The topological polar surface area (TPSA) is 211 Å².